The first-order valence-corrected chi connectivity index (χ1v) is 4.50. The van der Waals surface area contributed by atoms with Gasteiger partial charge in [0.2, 0.25) is 0 Å². The average molecular weight is 225 g/mol. The zero-order valence-corrected chi connectivity index (χ0v) is 9.40. The SMILES string of the molecule is C=C(C)C(=O)O.C=CC(=O)OC(C#N)CC. The second kappa shape index (κ2) is 9.46. The summed E-state index contributed by atoms with van der Waals surface area (Å²) < 4.78 is 4.58. The summed E-state index contributed by atoms with van der Waals surface area (Å²) in [7, 11) is 0. The van der Waals surface area contributed by atoms with Crippen LogP contribution in [0.2, 0.25) is 0 Å². The fraction of sp³-hybridized carbons (Fsp3) is 0.364. The van der Waals surface area contributed by atoms with Gasteiger partial charge in [-0.15, -0.1) is 0 Å². The first-order valence-electron chi connectivity index (χ1n) is 4.50. The molecule has 0 aliphatic carbocycles. The Hall–Kier alpha value is -2.09. The minimum absolute atomic E-state index is 0.176. The molecule has 0 fully saturated rings. The van der Waals surface area contributed by atoms with E-state index < -0.39 is 18.0 Å². The summed E-state index contributed by atoms with van der Waals surface area (Å²) in [5, 5.41) is 16.2. The topological polar surface area (TPSA) is 87.4 Å². The van der Waals surface area contributed by atoms with Crippen LogP contribution in [0.25, 0.3) is 0 Å². The van der Waals surface area contributed by atoms with Crippen molar-refractivity contribution >= 4 is 11.9 Å². The van der Waals surface area contributed by atoms with Gasteiger partial charge in [0.05, 0.1) is 0 Å². The smallest absolute Gasteiger partial charge is 0.331 e. The van der Waals surface area contributed by atoms with Gasteiger partial charge >= 0.3 is 11.9 Å². The number of nitrogens with zero attached hydrogens (tertiary/aromatic N) is 1. The third-order valence-electron chi connectivity index (χ3n) is 1.30. The first kappa shape index (κ1) is 16.3. The van der Waals surface area contributed by atoms with E-state index in [1.165, 1.54) is 6.92 Å². The fourth-order valence-electron chi connectivity index (χ4n) is 0.389. The highest BCUT2D eigenvalue weighted by molar-refractivity contribution is 5.84. The van der Waals surface area contributed by atoms with Gasteiger partial charge in [-0.25, -0.2) is 9.59 Å². The van der Waals surface area contributed by atoms with Crippen molar-refractivity contribution in [3.8, 4) is 6.07 Å². The summed E-state index contributed by atoms with van der Waals surface area (Å²) >= 11 is 0. The summed E-state index contributed by atoms with van der Waals surface area (Å²) in [5.74, 6) is -1.48. The number of carbonyl (C=O) groups is 2. The Bertz CT molecular complexity index is 302. The van der Waals surface area contributed by atoms with Gasteiger partial charge in [0.25, 0.3) is 0 Å². The monoisotopic (exact) mass is 225 g/mol. The molecule has 0 aromatic heterocycles. The predicted octanol–water partition coefficient (Wildman–Crippen LogP) is 1.66. The fourth-order valence-corrected chi connectivity index (χ4v) is 0.389. The summed E-state index contributed by atoms with van der Waals surface area (Å²) in [6.45, 7) is 9.57. The van der Waals surface area contributed by atoms with Gasteiger partial charge in [-0.3, -0.25) is 0 Å². The summed E-state index contributed by atoms with van der Waals surface area (Å²) in [5.41, 5.74) is 0.176. The molecule has 0 aliphatic rings. The number of nitriles is 1. The second-order valence-electron chi connectivity index (χ2n) is 2.75. The van der Waals surface area contributed by atoms with E-state index >= 15 is 0 Å². The van der Waals surface area contributed by atoms with Crippen LogP contribution in [0.5, 0.6) is 0 Å². The predicted molar refractivity (Wildman–Crippen MR) is 58.4 cm³/mol. The van der Waals surface area contributed by atoms with Gasteiger partial charge < -0.3 is 9.84 Å². The standard InChI is InChI=1S/C7H9NO2.C4H6O2/c1-3-6(5-8)10-7(9)4-2;1-3(2)4(5)6/h4,6H,2-3H2,1H3;1H2,2H3,(H,5,6). The highest BCUT2D eigenvalue weighted by atomic mass is 16.5. The lowest BCUT2D eigenvalue weighted by atomic mass is 10.3. The maximum absolute atomic E-state index is 10.4. The molecule has 0 saturated heterocycles. The minimum atomic E-state index is -0.935. The van der Waals surface area contributed by atoms with Crippen LogP contribution in [0.3, 0.4) is 0 Å². The van der Waals surface area contributed by atoms with E-state index in [-0.39, 0.29) is 5.57 Å². The number of aliphatic carboxylic acids is 1. The van der Waals surface area contributed by atoms with Crippen molar-refractivity contribution in [3.05, 3.63) is 24.8 Å². The maximum atomic E-state index is 10.4. The molecule has 88 valence electrons. The van der Waals surface area contributed by atoms with Crippen molar-refractivity contribution in [1.29, 1.82) is 5.26 Å². The average Bonchev–Trinajstić information content (AvgIpc) is 2.26. The Morgan fingerprint density at radius 2 is 2.06 bits per heavy atom. The number of carboxylic acid groups (broad SMARTS) is 1. The molecule has 0 heterocycles. The summed E-state index contributed by atoms with van der Waals surface area (Å²) in [6.07, 6.45) is 0.918. The third-order valence-corrected chi connectivity index (χ3v) is 1.30. The normalized spacial score (nSPS) is 9.81. The molecule has 0 aliphatic heterocycles. The number of ether oxygens (including phenoxy) is 1. The van der Waals surface area contributed by atoms with E-state index in [0.29, 0.717) is 6.42 Å². The van der Waals surface area contributed by atoms with Crippen LogP contribution < -0.4 is 0 Å². The molecule has 0 aromatic rings. The van der Waals surface area contributed by atoms with Crippen molar-refractivity contribution in [3.63, 3.8) is 0 Å². The molecule has 1 atom stereocenters. The molecule has 0 amide bonds. The van der Waals surface area contributed by atoms with Crippen molar-refractivity contribution in [2.75, 3.05) is 0 Å². The highest BCUT2D eigenvalue weighted by Crippen LogP contribution is 1.95. The van der Waals surface area contributed by atoms with Crippen LogP contribution >= 0.6 is 0 Å². The molecule has 1 unspecified atom stereocenters. The van der Waals surface area contributed by atoms with E-state index in [1.807, 2.05) is 6.07 Å². The maximum Gasteiger partial charge on any atom is 0.331 e. The summed E-state index contributed by atoms with van der Waals surface area (Å²) in [4.78, 5) is 20.0. The number of carboxylic acids is 1. The zero-order valence-electron chi connectivity index (χ0n) is 9.40. The largest absolute Gasteiger partial charge is 0.478 e. The number of hydrogen-bond acceptors (Lipinski definition) is 4. The molecule has 0 spiro atoms. The highest BCUT2D eigenvalue weighted by Gasteiger charge is 2.06. The Morgan fingerprint density at radius 3 is 2.25 bits per heavy atom. The molecule has 0 aromatic carbocycles. The Labute approximate surface area is 94.6 Å². The lowest BCUT2D eigenvalue weighted by Crippen LogP contribution is -2.12. The Balaban J connectivity index is 0. The van der Waals surface area contributed by atoms with E-state index in [0.717, 1.165) is 6.08 Å². The van der Waals surface area contributed by atoms with Crippen LogP contribution in [-0.2, 0) is 14.3 Å². The van der Waals surface area contributed by atoms with Gasteiger partial charge in [0.1, 0.15) is 6.07 Å². The van der Waals surface area contributed by atoms with Crippen molar-refractivity contribution in [2.24, 2.45) is 0 Å². The van der Waals surface area contributed by atoms with Crippen molar-refractivity contribution < 1.29 is 19.4 Å². The summed E-state index contributed by atoms with van der Waals surface area (Å²) in [6, 6.07) is 1.83. The van der Waals surface area contributed by atoms with Gasteiger partial charge in [0, 0.05) is 11.6 Å². The van der Waals surface area contributed by atoms with Crippen molar-refractivity contribution in [2.45, 2.75) is 26.4 Å². The molecule has 0 bridgehead atoms. The van der Waals surface area contributed by atoms with Crippen LogP contribution in [0.15, 0.2) is 24.8 Å². The molecule has 1 N–H and O–H groups in total. The number of carbonyl (C=O) groups excluding carboxylic acids is 1. The molecule has 0 radical (unpaired) electrons. The second-order valence-corrected chi connectivity index (χ2v) is 2.75. The molecule has 5 nitrogen and oxygen atoms in total. The van der Waals surface area contributed by atoms with Crippen LogP contribution in [-0.4, -0.2) is 23.1 Å². The first-order chi connectivity index (χ1) is 7.38. The van der Waals surface area contributed by atoms with E-state index in [1.54, 1.807) is 6.92 Å². The van der Waals surface area contributed by atoms with Gasteiger partial charge in [-0.05, 0) is 13.3 Å². The molecular formula is C11H15NO4. The van der Waals surface area contributed by atoms with Crippen LogP contribution in [0.4, 0.5) is 0 Å². The van der Waals surface area contributed by atoms with Crippen LogP contribution in [0, 0.1) is 11.3 Å². The lowest BCUT2D eigenvalue weighted by Gasteiger charge is -2.04. The number of esters is 1. The number of hydrogen-bond donors (Lipinski definition) is 1. The Morgan fingerprint density at radius 1 is 1.62 bits per heavy atom. The van der Waals surface area contributed by atoms with Gasteiger partial charge in [0.15, 0.2) is 6.10 Å². The lowest BCUT2D eigenvalue weighted by molar-refractivity contribution is -0.140. The Kier molecular flexibility index (Phi) is 9.67. The van der Waals surface area contributed by atoms with Crippen LogP contribution in [0.1, 0.15) is 20.3 Å². The molecule has 16 heavy (non-hydrogen) atoms. The molecule has 0 saturated carbocycles. The minimum Gasteiger partial charge on any atom is -0.478 e. The molecule has 0 rings (SSSR count). The third kappa shape index (κ3) is 9.99. The van der Waals surface area contributed by atoms with Gasteiger partial charge in [-0.2, -0.15) is 5.26 Å². The van der Waals surface area contributed by atoms with E-state index in [2.05, 4.69) is 17.9 Å². The van der Waals surface area contributed by atoms with E-state index in [9.17, 15) is 9.59 Å². The van der Waals surface area contributed by atoms with Gasteiger partial charge in [-0.1, -0.05) is 20.1 Å². The van der Waals surface area contributed by atoms with E-state index in [4.69, 9.17) is 10.4 Å². The number of rotatable bonds is 4. The quantitative estimate of drug-likeness (QED) is 0.580. The zero-order chi connectivity index (χ0) is 13.1. The van der Waals surface area contributed by atoms with Crippen molar-refractivity contribution in [1.82, 2.24) is 0 Å². The molecule has 5 heteroatoms. The molecular weight excluding hydrogens is 210 g/mol.